The summed E-state index contributed by atoms with van der Waals surface area (Å²) in [5, 5.41) is 25.1. The van der Waals surface area contributed by atoms with Crippen LogP contribution in [0.4, 0.5) is 34.1 Å². The van der Waals surface area contributed by atoms with E-state index in [9.17, 15) is 5.26 Å². The minimum Gasteiger partial charge on any atom is -0.456 e. The molecular formula is C121H86BN5OS3. The molecule has 6 nitrogen and oxygen atoms in total. The lowest BCUT2D eigenvalue weighted by Gasteiger charge is -2.46. The molecule has 0 N–H and O–H groups in total. The summed E-state index contributed by atoms with van der Waals surface area (Å²) in [6.45, 7) is 20.7. The van der Waals surface area contributed by atoms with Crippen molar-refractivity contribution in [3.8, 4) is 73.1 Å². The number of rotatable bonds is 9. The van der Waals surface area contributed by atoms with Crippen molar-refractivity contribution in [1.29, 1.82) is 5.26 Å². The number of nitriles is 1. The highest BCUT2D eigenvalue weighted by molar-refractivity contribution is 7.26. The number of hydrogen-bond acceptors (Lipinski definition) is 7. The lowest BCUT2D eigenvalue weighted by Crippen LogP contribution is -2.61. The van der Waals surface area contributed by atoms with Gasteiger partial charge in [-0.05, 0) is 228 Å². The third kappa shape index (κ3) is 11.7. The zero-order valence-electron chi connectivity index (χ0n) is 74.0. The van der Waals surface area contributed by atoms with E-state index in [1.54, 1.807) is 0 Å². The molecule has 0 spiro atoms. The van der Waals surface area contributed by atoms with Crippen molar-refractivity contribution in [2.24, 2.45) is 0 Å². The van der Waals surface area contributed by atoms with E-state index in [4.69, 9.17) is 4.42 Å². The molecule has 0 amide bonds. The Morgan fingerprint density at radius 3 is 1.25 bits per heavy atom. The monoisotopic (exact) mass is 1730 g/mol. The smallest absolute Gasteiger partial charge is 0.252 e. The van der Waals surface area contributed by atoms with Gasteiger partial charge in [-0.2, -0.15) is 5.26 Å². The van der Waals surface area contributed by atoms with Crippen molar-refractivity contribution in [2.75, 3.05) is 9.80 Å². The number of para-hydroxylation sites is 3. The molecule has 24 aromatic rings. The van der Waals surface area contributed by atoms with Gasteiger partial charge in [0.1, 0.15) is 11.2 Å². The molecule has 622 valence electrons. The number of anilines is 6. The second-order valence-electron chi connectivity index (χ2n) is 38.9. The van der Waals surface area contributed by atoms with Gasteiger partial charge in [0.05, 0.1) is 50.8 Å². The first-order valence-corrected chi connectivity index (χ1v) is 47.9. The van der Waals surface area contributed by atoms with Crippen LogP contribution in [0.2, 0.25) is 0 Å². The molecule has 10 heteroatoms. The minimum absolute atomic E-state index is 0.131. The van der Waals surface area contributed by atoms with Crippen LogP contribution in [0.15, 0.2) is 362 Å². The Hall–Kier alpha value is -14.8. The van der Waals surface area contributed by atoms with Crippen LogP contribution in [-0.4, -0.2) is 15.8 Å². The Morgan fingerprint density at radius 1 is 0.275 bits per heavy atom. The van der Waals surface area contributed by atoms with Crippen LogP contribution in [0.1, 0.15) is 84.6 Å². The van der Waals surface area contributed by atoms with Gasteiger partial charge in [0.2, 0.25) is 0 Å². The third-order valence-corrected chi connectivity index (χ3v) is 31.6. The summed E-state index contributed by atoms with van der Waals surface area (Å²) in [6, 6.07) is 139. The van der Waals surface area contributed by atoms with Crippen molar-refractivity contribution in [2.45, 2.75) is 78.6 Å². The third-order valence-electron chi connectivity index (χ3n) is 28.2. The van der Waals surface area contributed by atoms with Crippen molar-refractivity contribution in [1.82, 2.24) is 9.13 Å². The van der Waals surface area contributed by atoms with Gasteiger partial charge in [-0.15, -0.1) is 34.0 Å². The molecule has 0 saturated heterocycles. The summed E-state index contributed by atoms with van der Waals surface area (Å²) in [7, 11) is 0. The fourth-order valence-corrected chi connectivity index (χ4v) is 25.4. The largest absolute Gasteiger partial charge is 0.456 e. The second-order valence-corrected chi connectivity index (χ2v) is 42.1. The fourth-order valence-electron chi connectivity index (χ4n) is 22.0. The first kappa shape index (κ1) is 77.3. The summed E-state index contributed by atoms with van der Waals surface area (Å²) in [6.07, 6.45) is 0. The van der Waals surface area contributed by atoms with Crippen molar-refractivity contribution in [3.05, 3.63) is 380 Å². The Morgan fingerprint density at radius 2 is 0.687 bits per heavy atom. The minimum atomic E-state index is -0.372. The molecule has 18 aromatic carbocycles. The molecule has 0 saturated carbocycles. The normalized spacial score (nSPS) is 13.0. The van der Waals surface area contributed by atoms with E-state index in [1.807, 2.05) is 40.1 Å². The number of aromatic nitrogens is 2. The maximum atomic E-state index is 11.1. The van der Waals surface area contributed by atoms with E-state index in [1.165, 1.54) is 121 Å². The van der Waals surface area contributed by atoms with Gasteiger partial charge in [-0.3, -0.25) is 0 Å². The highest BCUT2D eigenvalue weighted by Crippen LogP contribution is 2.59. The summed E-state index contributed by atoms with van der Waals surface area (Å²) in [5.41, 5.74) is 32.7. The summed E-state index contributed by atoms with van der Waals surface area (Å²) in [4.78, 5) is 5.50. The molecule has 0 radical (unpaired) electrons. The molecule has 0 bridgehead atoms. The van der Waals surface area contributed by atoms with E-state index in [-0.39, 0.29) is 23.0 Å². The zero-order valence-corrected chi connectivity index (χ0v) is 76.5. The molecule has 2 aliphatic heterocycles. The van der Waals surface area contributed by atoms with Gasteiger partial charge in [0.15, 0.2) is 0 Å². The first-order chi connectivity index (χ1) is 63.8. The molecule has 0 atom stereocenters. The number of thiophene rings is 3. The molecule has 8 heterocycles. The van der Waals surface area contributed by atoms with Crippen molar-refractivity contribution >= 4 is 217 Å². The molecule has 0 fully saturated rings. The van der Waals surface area contributed by atoms with Gasteiger partial charge < -0.3 is 23.4 Å². The maximum Gasteiger partial charge on any atom is 0.252 e. The molecule has 0 aliphatic carbocycles. The Labute approximate surface area is 771 Å². The fraction of sp³-hybridized carbons (Fsp3) is 0.0992. The number of benzene rings is 18. The Balaban J connectivity index is 0.874. The van der Waals surface area contributed by atoms with Crippen LogP contribution in [0.5, 0.6) is 0 Å². The highest BCUT2D eigenvalue weighted by Gasteiger charge is 2.47. The SMILES string of the molecule is CC(C)(C)c1cc(-c2cccc3sc4ccccc4c23)c(N2c3ccccc3B3c4ccc(-n5c6ccc(-c7ccccc7)cc6c6cc(C(C)(C)C)ccc65)cc4N(c4c(-c5cccc6oc7ccccc7c56)cccc4-c4cccc5sc6ccccc6c45)c4cc(-n5c6ccc(C#N)cc6c6cc(C(C)(C)C)ccc65)cc2c43)c(-c2cccc3sc4ccccc4c23)c1. The quantitative estimate of drug-likeness (QED) is 0.135. The van der Waals surface area contributed by atoms with Crippen LogP contribution in [0.3, 0.4) is 0 Å². The number of nitrogens with zero attached hydrogens (tertiary/aromatic N) is 5. The standard InChI is InChI=1S/C121H86BN5OS3/c1-119(2,3)73-53-59-99-90(62-73)88-60-70(69-123)50-56-96(88)125(99)77-67-102-116-103(68-77)127(117-82(78-34-24-43-105-112(78)84-30-13-19-42-104(84)128-105)38-23-39-83(117)79-35-25-47-109-113(79)85-31-14-20-44-106(85)129-109)101-66-76(124-97-57-51-72(71-28-11-10-12-29-71)61-89(97)91-63-74(120(4,5)6)52-58-98(91)124)54-55-95(101)122(116)94-40-17-18-41-100(94)126(102)118-92(80-36-26-48-110-114(80)86-32-15-21-45-107(86)130-110)64-75(121(7,8)9)65-93(118)81-37-27-49-111-115(81)87-33-16-22-46-108(87)131-111/h10-68H,1-9H3. The first-order valence-electron chi connectivity index (χ1n) is 45.4. The van der Waals surface area contributed by atoms with Gasteiger partial charge in [-0.25, -0.2) is 0 Å². The summed E-state index contributed by atoms with van der Waals surface area (Å²) in [5.74, 6) is 0. The van der Waals surface area contributed by atoms with Crippen molar-refractivity contribution in [3.63, 3.8) is 0 Å². The van der Waals surface area contributed by atoms with E-state index in [0.29, 0.717) is 5.56 Å². The number of fused-ring (bicyclic) bond motifs is 22. The number of hydrogen-bond donors (Lipinski definition) is 0. The van der Waals surface area contributed by atoms with Crippen LogP contribution in [-0.2, 0) is 16.2 Å². The van der Waals surface area contributed by atoms with Gasteiger partial charge in [0, 0.05) is 144 Å². The molecule has 2 aliphatic rings. The average molecular weight is 1730 g/mol. The Kier molecular flexibility index (Phi) is 16.9. The Bertz CT molecular complexity index is 8850. The van der Waals surface area contributed by atoms with E-state index < -0.39 is 0 Å². The lowest BCUT2D eigenvalue weighted by molar-refractivity contribution is 0.590. The van der Waals surface area contributed by atoms with Gasteiger partial charge in [0.25, 0.3) is 6.71 Å². The van der Waals surface area contributed by atoms with Crippen LogP contribution < -0.4 is 26.2 Å². The molecule has 6 aromatic heterocycles. The summed E-state index contributed by atoms with van der Waals surface area (Å²) >= 11 is 5.61. The molecule has 131 heavy (non-hydrogen) atoms. The predicted octanol–water partition coefficient (Wildman–Crippen LogP) is 33.1. The predicted molar refractivity (Wildman–Crippen MR) is 563 cm³/mol. The zero-order chi connectivity index (χ0) is 87.9. The average Bonchev–Trinajstić information content (AvgIpc) is 1.24. The van der Waals surface area contributed by atoms with E-state index in [0.717, 1.165) is 139 Å². The molecule has 26 rings (SSSR count). The second kappa shape index (κ2) is 28.6. The van der Waals surface area contributed by atoms with Crippen LogP contribution >= 0.6 is 34.0 Å². The molecular weight excluding hydrogens is 1650 g/mol. The lowest BCUT2D eigenvalue weighted by atomic mass is 9.33. The van der Waals surface area contributed by atoms with Crippen LogP contribution in [0.25, 0.3) is 193 Å². The van der Waals surface area contributed by atoms with E-state index in [2.05, 4.69) is 439 Å². The molecule has 0 unspecified atom stereocenters. The van der Waals surface area contributed by atoms with E-state index >= 15 is 0 Å². The van der Waals surface area contributed by atoms with Crippen LogP contribution in [0, 0.1) is 11.3 Å². The topological polar surface area (TPSA) is 53.3 Å². The van der Waals surface area contributed by atoms with Crippen molar-refractivity contribution < 1.29 is 4.42 Å². The highest BCUT2D eigenvalue weighted by atomic mass is 32.1. The summed E-state index contributed by atoms with van der Waals surface area (Å²) < 4.78 is 19.6. The van der Waals surface area contributed by atoms with Gasteiger partial charge >= 0.3 is 0 Å². The van der Waals surface area contributed by atoms with Gasteiger partial charge in [-0.1, -0.05) is 275 Å². The number of furan rings is 1. The maximum absolute atomic E-state index is 11.1.